The largest absolute Gasteiger partial charge is 0.299 e. The highest BCUT2D eigenvalue weighted by atomic mass is 32.2. The number of nitriles is 1. The summed E-state index contributed by atoms with van der Waals surface area (Å²) in [6, 6.07) is 10.1. The van der Waals surface area contributed by atoms with Crippen molar-refractivity contribution in [1.29, 1.82) is 5.26 Å². The molecular formula is C17H23N3O2S. The van der Waals surface area contributed by atoms with Gasteiger partial charge in [-0.3, -0.25) is 4.90 Å². The quantitative estimate of drug-likeness (QED) is 0.913. The van der Waals surface area contributed by atoms with Crippen molar-refractivity contribution >= 4 is 10.0 Å². The second-order valence-corrected chi connectivity index (χ2v) is 8.86. The van der Waals surface area contributed by atoms with Crippen molar-refractivity contribution in [2.24, 2.45) is 5.41 Å². The Balaban J connectivity index is 1.49. The van der Waals surface area contributed by atoms with Crippen LogP contribution in [0.15, 0.2) is 24.3 Å². The number of piperidine rings is 1. The van der Waals surface area contributed by atoms with E-state index in [0.29, 0.717) is 11.0 Å². The third kappa shape index (κ3) is 4.11. The van der Waals surface area contributed by atoms with Gasteiger partial charge in [0.15, 0.2) is 0 Å². The van der Waals surface area contributed by atoms with Gasteiger partial charge in [-0.25, -0.2) is 13.1 Å². The highest BCUT2D eigenvalue weighted by molar-refractivity contribution is 7.88. The summed E-state index contributed by atoms with van der Waals surface area (Å²) in [5, 5.41) is 8.97. The molecule has 2 aliphatic rings. The van der Waals surface area contributed by atoms with Crippen LogP contribution in [0.1, 0.15) is 36.8 Å². The van der Waals surface area contributed by atoms with E-state index in [1.807, 2.05) is 18.2 Å². The molecule has 1 aliphatic carbocycles. The third-order valence-electron chi connectivity index (χ3n) is 5.12. The molecule has 5 nitrogen and oxygen atoms in total. The first-order chi connectivity index (χ1) is 10.9. The Hall–Kier alpha value is -1.42. The number of rotatable bonds is 4. The van der Waals surface area contributed by atoms with Gasteiger partial charge in [-0.15, -0.1) is 0 Å². The van der Waals surface area contributed by atoms with Crippen LogP contribution in [0, 0.1) is 16.7 Å². The standard InChI is InChI=1S/C17H23N3O2S/c1-23(21,22)19-16-10-17(11-16)5-7-20(8-6-17)13-15-4-2-3-14(9-15)12-18/h2-4,9,16,19H,5-8,10-11,13H2,1H3. The zero-order valence-corrected chi connectivity index (χ0v) is 14.3. The van der Waals surface area contributed by atoms with Gasteiger partial charge in [-0.1, -0.05) is 12.1 Å². The van der Waals surface area contributed by atoms with Gasteiger partial charge in [0.25, 0.3) is 0 Å². The summed E-state index contributed by atoms with van der Waals surface area (Å²) in [5.41, 5.74) is 2.24. The minimum Gasteiger partial charge on any atom is -0.299 e. The normalized spacial score (nSPS) is 21.7. The molecule has 23 heavy (non-hydrogen) atoms. The van der Waals surface area contributed by atoms with E-state index >= 15 is 0 Å². The van der Waals surface area contributed by atoms with E-state index in [2.05, 4.69) is 21.8 Å². The molecule has 0 amide bonds. The van der Waals surface area contributed by atoms with E-state index in [-0.39, 0.29) is 6.04 Å². The molecule has 1 spiro atoms. The highest BCUT2D eigenvalue weighted by Crippen LogP contribution is 2.49. The molecule has 124 valence electrons. The predicted octanol–water partition coefficient (Wildman–Crippen LogP) is 1.85. The maximum Gasteiger partial charge on any atom is 0.208 e. The van der Waals surface area contributed by atoms with Crippen molar-refractivity contribution in [1.82, 2.24) is 9.62 Å². The SMILES string of the molecule is CS(=O)(=O)NC1CC2(CCN(Cc3cccc(C#N)c3)CC2)C1. The fourth-order valence-corrected chi connectivity index (χ4v) is 4.74. The summed E-state index contributed by atoms with van der Waals surface area (Å²) < 4.78 is 25.3. The van der Waals surface area contributed by atoms with E-state index < -0.39 is 10.0 Å². The molecule has 2 fully saturated rings. The molecule has 1 heterocycles. The van der Waals surface area contributed by atoms with Gasteiger partial charge in [-0.05, 0) is 61.9 Å². The molecule has 3 rings (SSSR count). The number of sulfonamides is 1. The van der Waals surface area contributed by atoms with Gasteiger partial charge in [-0.2, -0.15) is 5.26 Å². The summed E-state index contributed by atoms with van der Waals surface area (Å²) >= 11 is 0. The molecule has 1 saturated heterocycles. The van der Waals surface area contributed by atoms with E-state index in [4.69, 9.17) is 5.26 Å². The van der Waals surface area contributed by atoms with Crippen molar-refractivity contribution in [2.75, 3.05) is 19.3 Å². The average molecular weight is 333 g/mol. The highest BCUT2D eigenvalue weighted by Gasteiger charge is 2.46. The van der Waals surface area contributed by atoms with Gasteiger partial charge >= 0.3 is 0 Å². The molecule has 0 radical (unpaired) electrons. The Kier molecular flexibility index (Phi) is 4.45. The number of hydrogen-bond acceptors (Lipinski definition) is 4. The lowest BCUT2D eigenvalue weighted by Gasteiger charge is -2.52. The number of likely N-dealkylation sites (tertiary alicyclic amines) is 1. The fraction of sp³-hybridized carbons (Fsp3) is 0.588. The van der Waals surface area contributed by atoms with Crippen molar-refractivity contribution in [3.05, 3.63) is 35.4 Å². The van der Waals surface area contributed by atoms with Crippen molar-refractivity contribution in [3.63, 3.8) is 0 Å². The zero-order valence-electron chi connectivity index (χ0n) is 13.5. The van der Waals surface area contributed by atoms with Gasteiger partial charge in [0, 0.05) is 12.6 Å². The third-order valence-corrected chi connectivity index (χ3v) is 5.88. The van der Waals surface area contributed by atoms with Crippen LogP contribution in [0.3, 0.4) is 0 Å². The molecule has 1 aromatic rings. The molecule has 1 N–H and O–H groups in total. The van der Waals surface area contributed by atoms with Crippen LogP contribution < -0.4 is 4.72 Å². The van der Waals surface area contributed by atoms with Gasteiger partial charge in [0.1, 0.15) is 0 Å². The van der Waals surface area contributed by atoms with Gasteiger partial charge in [0.2, 0.25) is 10.0 Å². The van der Waals surface area contributed by atoms with Gasteiger partial charge < -0.3 is 0 Å². The first-order valence-electron chi connectivity index (χ1n) is 8.06. The number of nitrogens with zero attached hydrogens (tertiary/aromatic N) is 2. The van der Waals surface area contributed by atoms with Crippen molar-refractivity contribution in [3.8, 4) is 6.07 Å². The first-order valence-corrected chi connectivity index (χ1v) is 9.95. The van der Waals surface area contributed by atoms with E-state index in [0.717, 1.165) is 45.3 Å². The van der Waals surface area contributed by atoms with Crippen LogP contribution in [0.4, 0.5) is 0 Å². The molecule has 0 unspecified atom stereocenters. The van der Waals surface area contributed by atoms with Crippen LogP contribution in [-0.4, -0.2) is 38.7 Å². The number of hydrogen-bond donors (Lipinski definition) is 1. The summed E-state index contributed by atoms with van der Waals surface area (Å²) in [4.78, 5) is 2.43. The van der Waals surface area contributed by atoms with Crippen molar-refractivity contribution in [2.45, 2.75) is 38.3 Å². The summed E-state index contributed by atoms with van der Waals surface area (Å²) in [5.74, 6) is 0. The minimum absolute atomic E-state index is 0.129. The van der Waals surface area contributed by atoms with Crippen LogP contribution >= 0.6 is 0 Å². The Morgan fingerprint density at radius 3 is 2.65 bits per heavy atom. The summed E-state index contributed by atoms with van der Waals surface area (Å²) in [6.07, 6.45) is 5.44. The molecule has 1 saturated carbocycles. The second-order valence-electron chi connectivity index (χ2n) is 7.08. The van der Waals surface area contributed by atoms with Crippen LogP contribution in [0.2, 0.25) is 0 Å². The summed E-state index contributed by atoms with van der Waals surface area (Å²) in [7, 11) is -3.08. The minimum atomic E-state index is -3.08. The lowest BCUT2D eigenvalue weighted by molar-refractivity contribution is 0.0107. The Bertz CT molecular complexity index is 708. The molecule has 1 aromatic carbocycles. The number of nitrogens with one attached hydrogen (secondary N) is 1. The van der Waals surface area contributed by atoms with E-state index in [9.17, 15) is 8.42 Å². The molecule has 0 atom stereocenters. The lowest BCUT2D eigenvalue weighted by Crippen LogP contribution is -2.54. The monoisotopic (exact) mass is 333 g/mol. The smallest absolute Gasteiger partial charge is 0.208 e. The molecular weight excluding hydrogens is 310 g/mol. The predicted molar refractivity (Wildman–Crippen MR) is 89.1 cm³/mol. The average Bonchev–Trinajstić information content (AvgIpc) is 2.46. The summed E-state index contributed by atoms with van der Waals surface area (Å²) in [6.45, 7) is 2.97. The molecule has 0 aromatic heterocycles. The maximum absolute atomic E-state index is 11.3. The van der Waals surface area contributed by atoms with Crippen LogP contribution in [-0.2, 0) is 16.6 Å². The Labute approximate surface area is 138 Å². The van der Waals surface area contributed by atoms with E-state index in [1.165, 1.54) is 11.8 Å². The van der Waals surface area contributed by atoms with E-state index in [1.54, 1.807) is 0 Å². The number of benzene rings is 1. The molecule has 6 heteroatoms. The van der Waals surface area contributed by atoms with Crippen LogP contribution in [0.25, 0.3) is 0 Å². The molecule has 0 bridgehead atoms. The Morgan fingerprint density at radius 2 is 2.04 bits per heavy atom. The van der Waals surface area contributed by atoms with Gasteiger partial charge in [0.05, 0.1) is 17.9 Å². The molecule has 1 aliphatic heterocycles. The second kappa shape index (κ2) is 6.23. The lowest BCUT2D eigenvalue weighted by atomic mass is 9.60. The van der Waals surface area contributed by atoms with Crippen molar-refractivity contribution < 1.29 is 8.42 Å². The first kappa shape index (κ1) is 16.4. The Morgan fingerprint density at radius 1 is 1.35 bits per heavy atom. The topological polar surface area (TPSA) is 73.2 Å². The maximum atomic E-state index is 11.3. The van der Waals surface area contributed by atoms with Crippen LogP contribution in [0.5, 0.6) is 0 Å². The fourth-order valence-electron chi connectivity index (χ4n) is 3.96. The zero-order chi connectivity index (χ0) is 16.5.